The highest BCUT2D eigenvalue weighted by Crippen LogP contribution is 2.30. The molecule has 1 aromatic carbocycles. The summed E-state index contributed by atoms with van der Waals surface area (Å²) in [6.45, 7) is 1.76. The van der Waals surface area contributed by atoms with Crippen LogP contribution in [-0.2, 0) is 0 Å². The van der Waals surface area contributed by atoms with E-state index in [0.717, 1.165) is 0 Å². The fourth-order valence-electron chi connectivity index (χ4n) is 0.880. The second kappa shape index (κ2) is 3.86. The van der Waals surface area contributed by atoms with Gasteiger partial charge in [-0.2, -0.15) is 12.6 Å². The number of hydrogen-bond donors (Lipinski definition) is 1. The summed E-state index contributed by atoms with van der Waals surface area (Å²) in [7, 11) is 0. The minimum Gasteiger partial charge on any atom is -0.205 e. The van der Waals surface area contributed by atoms with Crippen LogP contribution in [0, 0.1) is 5.82 Å². The van der Waals surface area contributed by atoms with Gasteiger partial charge in [-0.05, 0) is 19.1 Å². The van der Waals surface area contributed by atoms with Gasteiger partial charge in [-0.3, -0.25) is 0 Å². The molecule has 1 rings (SSSR count). The minimum absolute atomic E-state index is 0.0402. The molecule has 0 N–H and O–H groups in total. The van der Waals surface area contributed by atoms with Crippen molar-refractivity contribution < 1.29 is 4.39 Å². The van der Waals surface area contributed by atoms with Crippen molar-refractivity contribution in [1.29, 1.82) is 0 Å². The van der Waals surface area contributed by atoms with Crippen LogP contribution in [0.2, 0.25) is 10.0 Å². The Morgan fingerprint density at radius 3 is 2.50 bits per heavy atom. The van der Waals surface area contributed by atoms with Crippen molar-refractivity contribution in [2.24, 2.45) is 0 Å². The Hall–Kier alpha value is 0.0800. The number of benzene rings is 1. The molecule has 0 amide bonds. The molecule has 0 aliphatic carbocycles. The topological polar surface area (TPSA) is 0 Å². The fraction of sp³-hybridized carbons (Fsp3) is 0.250. The van der Waals surface area contributed by atoms with E-state index in [1.54, 1.807) is 6.92 Å². The Morgan fingerprint density at radius 2 is 2.00 bits per heavy atom. The molecule has 0 aliphatic rings. The third-order valence-corrected chi connectivity index (χ3v) is 2.24. The van der Waals surface area contributed by atoms with E-state index in [0.29, 0.717) is 10.6 Å². The van der Waals surface area contributed by atoms with E-state index < -0.39 is 5.82 Å². The van der Waals surface area contributed by atoms with Crippen LogP contribution < -0.4 is 0 Å². The Balaban J connectivity index is 3.28. The largest absolute Gasteiger partial charge is 0.205 e. The molecular weight excluding hydrogens is 218 g/mol. The highest BCUT2D eigenvalue weighted by molar-refractivity contribution is 7.80. The molecule has 0 saturated heterocycles. The van der Waals surface area contributed by atoms with Crippen LogP contribution in [-0.4, -0.2) is 0 Å². The maximum Gasteiger partial charge on any atom is 0.146 e. The van der Waals surface area contributed by atoms with Gasteiger partial charge in [0.2, 0.25) is 0 Å². The van der Waals surface area contributed by atoms with Crippen LogP contribution in [0.25, 0.3) is 0 Å². The molecule has 0 nitrogen and oxygen atoms in total. The van der Waals surface area contributed by atoms with E-state index >= 15 is 0 Å². The van der Waals surface area contributed by atoms with Gasteiger partial charge in [-0.1, -0.05) is 23.2 Å². The van der Waals surface area contributed by atoms with Crippen molar-refractivity contribution in [2.75, 3.05) is 0 Å². The Bertz CT molecular complexity index is 299. The predicted octanol–water partition coefficient (Wildman–Crippen LogP) is 4.12. The highest BCUT2D eigenvalue weighted by atomic mass is 35.5. The summed E-state index contributed by atoms with van der Waals surface area (Å²) in [5, 5.41) is 0.261. The summed E-state index contributed by atoms with van der Waals surface area (Å²) in [5.74, 6) is -0.441. The number of thiol groups is 1. The molecule has 1 aromatic rings. The third-order valence-electron chi connectivity index (χ3n) is 1.47. The number of halogens is 3. The smallest absolute Gasteiger partial charge is 0.146 e. The first-order valence-corrected chi connectivity index (χ1v) is 4.62. The number of hydrogen-bond acceptors (Lipinski definition) is 1. The van der Waals surface area contributed by atoms with Gasteiger partial charge in [-0.25, -0.2) is 4.39 Å². The van der Waals surface area contributed by atoms with E-state index in [4.69, 9.17) is 23.2 Å². The van der Waals surface area contributed by atoms with Crippen molar-refractivity contribution in [2.45, 2.75) is 12.2 Å². The zero-order valence-electron chi connectivity index (χ0n) is 6.31. The molecule has 0 bridgehead atoms. The molecule has 0 saturated carbocycles. The Morgan fingerprint density at radius 1 is 1.42 bits per heavy atom. The van der Waals surface area contributed by atoms with Crippen molar-refractivity contribution in [3.05, 3.63) is 33.6 Å². The van der Waals surface area contributed by atoms with E-state index in [1.807, 2.05) is 0 Å². The lowest BCUT2D eigenvalue weighted by molar-refractivity contribution is 0.612. The Labute approximate surface area is 86.1 Å². The maximum atomic E-state index is 13.2. The van der Waals surface area contributed by atoms with Gasteiger partial charge in [0.05, 0.1) is 5.02 Å². The molecule has 1 atom stereocenters. The van der Waals surface area contributed by atoms with Gasteiger partial charge in [0.15, 0.2) is 0 Å². The first kappa shape index (κ1) is 10.2. The normalized spacial score (nSPS) is 13.1. The third kappa shape index (κ3) is 2.06. The van der Waals surface area contributed by atoms with Crippen LogP contribution in [0.15, 0.2) is 12.1 Å². The lowest BCUT2D eigenvalue weighted by Gasteiger charge is -2.07. The van der Waals surface area contributed by atoms with Crippen molar-refractivity contribution in [3.8, 4) is 0 Å². The molecule has 0 spiro atoms. The summed E-state index contributed by atoms with van der Waals surface area (Å²) in [6, 6.07) is 2.90. The molecule has 0 aliphatic heterocycles. The minimum atomic E-state index is -0.441. The number of rotatable bonds is 1. The summed E-state index contributed by atoms with van der Waals surface area (Å²) in [4.78, 5) is 0. The van der Waals surface area contributed by atoms with Crippen LogP contribution in [0.5, 0.6) is 0 Å². The summed E-state index contributed by atoms with van der Waals surface area (Å²) >= 11 is 15.3. The molecule has 0 fully saturated rings. The summed E-state index contributed by atoms with van der Waals surface area (Å²) < 4.78 is 13.2. The van der Waals surface area contributed by atoms with Gasteiger partial charge in [0.1, 0.15) is 5.82 Å². The predicted molar refractivity (Wildman–Crippen MR) is 53.8 cm³/mol. The van der Waals surface area contributed by atoms with E-state index in [2.05, 4.69) is 12.6 Å². The average molecular weight is 225 g/mol. The summed E-state index contributed by atoms with van der Waals surface area (Å²) in [5.41, 5.74) is 0.427. The van der Waals surface area contributed by atoms with Crippen LogP contribution in [0.4, 0.5) is 4.39 Å². The zero-order chi connectivity index (χ0) is 9.30. The monoisotopic (exact) mass is 224 g/mol. The van der Waals surface area contributed by atoms with Gasteiger partial charge in [0, 0.05) is 15.8 Å². The van der Waals surface area contributed by atoms with Gasteiger partial charge < -0.3 is 0 Å². The average Bonchev–Trinajstić information content (AvgIpc) is 1.96. The molecule has 66 valence electrons. The van der Waals surface area contributed by atoms with Gasteiger partial charge in [-0.15, -0.1) is 0 Å². The van der Waals surface area contributed by atoms with E-state index in [1.165, 1.54) is 12.1 Å². The zero-order valence-corrected chi connectivity index (χ0v) is 8.72. The lowest BCUT2D eigenvalue weighted by atomic mass is 10.1. The van der Waals surface area contributed by atoms with Crippen LogP contribution >= 0.6 is 35.8 Å². The second-order valence-corrected chi connectivity index (χ2v) is 4.09. The van der Waals surface area contributed by atoms with Crippen molar-refractivity contribution in [3.63, 3.8) is 0 Å². The molecule has 0 heterocycles. The van der Waals surface area contributed by atoms with Crippen molar-refractivity contribution >= 4 is 35.8 Å². The quantitative estimate of drug-likeness (QED) is 0.539. The van der Waals surface area contributed by atoms with Gasteiger partial charge in [0.25, 0.3) is 0 Å². The molecule has 4 heteroatoms. The maximum absolute atomic E-state index is 13.2. The lowest BCUT2D eigenvalue weighted by Crippen LogP contribution is -1.91. The van der Waals surface area contributed by atoms with Crippen LogP contribution in [0.3, 0.4) is 0 Å². The molecule has 0 aromatic heterocycles. The highest BCUT2D eigenvalue weighted by Gasteiger charge is 2.11. The van der Waals surface area contributed by atoms with E-state index in [-0.39, 0.29) is 10.3 Å². The first-order chi connectivity index (χ1) is 5.52. The van der Waals surface area contributed by atoms with Gasteiger partial charge >= 0.3 is 0 Å². The summed E-state index contributed by atoms with van der Waals surface area (Å²) in [6.07, 6.45) is 0. The molecule has 12 heavy (non-hydrogen) atoms. The second-order valence-electron chi connectivity index (χ2n) is 2.47. The Kier molecular flexibility index (Phi) is 3.27. The standard InChI is InChI=1S/C8H7Cl2FS/c1-4(12)6-2-5(9)3-7(10)8(6)11/h2-4,12H,1H3/t4-/m0/s1. The molecular formula is C8H7Cl2FS. The molecule has 0 unspecified atom stereocenters. The van der Waals surface area contributed by atoms with Crippen molar-refractivity contribution in [1.82, 2.24) is 0 Å². The first-order valence-electron chi connectivity index (χ1n) is 3.35. The van der Waals surface area contributed by atoms with E-state index in [9.17, 15) is 4.39 Å². The molecule has 0 radical (unpaired) electrons. The fourth-order valence-corrected chi connectivity index (χ4v) is 1.58. The van der Waals surface area contributed by atoms with Crippen LogP contribution in [0.1, 0.15) is 17.7 Å². The SMILES string of the molecule is C[C@H](S)c1cc(Cl)cc(Cl)c1F.